The minimum absolute atomic E-state index is 0.0629. The number of urea groups is 1. The van der Waals surface area contributed by atoms with Crippen LogP contribution in [0.4, 0.5) is 10.6 Å². The molecule has 2 N–H and O–H groups in total. The molecular formula is C15H17N3O2. The second kappa shape index (κ2) is 5.36. The number of benzene rings is 1. The van der Waals surface area contributed by atoms with Crippen LogP contribution >= 0.6 is 0 Å². The molecule has 1 aromatic carbocycles. The normalized spacial score (nSPS) is 17.4. The van der Waals surface area contributed by atoms with E-state index < -0.39 is 0 Å². The second-order valence-corrected chi connectivity index (χ2v) is 5.06. The van der Waals surface area contributed by atoms with Crippen LogP contribution in [0, 0.1) is 6.92 Å². The van der Waals surface area contributed by atoms with Gasteiger partial charge in [0.15, 0.2) is 5.82 Å². The van der Waals surface area contributed by atoms with Gasteiger partial charge in [-0.25, -0.2) is 4.79 Å². The van der Waals surface area contributed by atoms with E-state index in [1.165, 1.54) is 11.1 Å². The molecule has 1 aliphatic carbocycles. The third-order valence-electron chi connectivity index (χ3n) is 3.54. The first-order valence-electron chi connectivity index (χ1n) is 6.81. The molecule has 0 saturated heterocycles. The summed E-state index contributed by atoms with van der Waals surface area (Å²) in [6.07, 6.45) is 3.13. The molecule has 1 aromatic heterocycles. The van der Waals surface area contributed by atoms with Gasteiger partial charge in [0.2, 0.25) is 0 Å². The van der Waals surface area contributed by atoms with Crippen molar-refractivity contribution in [3.63, 3.8) is 0 Å². The Morgan fingerprint density at radius 2 is 2.25 bits per heavy atom. The van der Waals surface area contributed by atoms with Crippen LogP contribution in [0.3, 0.4) is 0 Å². The molecule has 0 saturated carbocycles. The van der Waals surface area contributed by atoms with Gasteiger partial charge in [-0.05, 0) is 37.3 Å². The van der Waals surface area contributed by atoms with Crippen molar-refractivity contribution in [2.24, 2.45) is 0 Å². The van der Waals surface area contributed by atoms with Crippen molar-refractivity contribution in [1.82, 2.24) is 10.5 Å². The third kappa shape index (κ3) is 2.66. The Morgan fingerprint density at radius 3 is 3.05 bits per heavy atom. The van der Waals surface area contributed by atoms with Gasteiger partial charge in [0.1, 0.15) is 5.76 Å². The van der Waals surface area contributed by atoms with Crippen LogP contribution in [-0.2, 0) is 6.42 Å². The first kappa shape index (κ1) is 12.7. The number of aromatic nitrogens is 1. The summed E-state index contributed by atoms with van der Waals surface area (Å²) in [5, 5.41) is 9.43. The van der Waals surface area contributed by atoms with Gasteiger partial charge in [-0.3, -0.25) is 5.32 Å². The van der Waals surface area contributed by atoms with Crippen LogP contribution < -0.4 is 10.6 Å². The maximum absolute atomic E-state index is 12.0. The second-order valence-electron chi connectivity index (χ2n) is 5.06. The van der Waals surface area contributed by atoms with Crippen molar-refractivity contribution in [3.05, 3.63) is 47.2 Å². The van der Waals surface area contributed by atoms with Crippen LogP contribution in [-0.4, -0.2) is 11.2 Å². The van der Waals surface area contributed by atoms with Gasteiger partial charge < -0.3 is 9.84 Å². The molecule has 0 bridgehead atoms. The highest BCUT2D eigenvalue weighted by Gasteiger charge is 2.21. The molecule has 1 atom stereocenters. The van der Waals surface area contributed by atoms with Gasteiger partial charge in [0.25, 0.3) is 0 Å². The average Bonchev–Trinajstić information content (AvgIpc) is 2.84. The molecule has 0 radical (unpaired) electrons. The zero-order chi connectivity index (χ0) is 13.9. The molecule has 1 heterocycles. The molecule has 2 aromatic rings. The molecule has 5 nitrogen and oxygen atoms in total. The lowest BCUT2D eigenvalue weighted by molar-refractivity contribution is 0.247. The van der Waals surface area contributed by atoms with E-state index in [9.17, 15) is 4.79 Å². The van der Waals surface area contributed by atoms with Crippen molar-refractivity contribution in [1.29, 1.82) is 0 Å². The Morgan fingerprint density at radius 1 is 1.40 bits per heavy atom. The van der Waals surface area contributed by atoms with Gasteiger partial charge in [-0.15, -0.1) is 0 Å². The predicted molar refractivity (Wildman–Crippen MR) is 75.5 cm³/mol. The van der Waals surface area contributed by atoms with Crippen molar-refractivity contribution in [2.75, 3.05) is 5.32 Å². The number of carbonyl (C=O) groups excluding carboxylic acids is 1. The molecule has 0 fully saturated rings. The molecule has 1 aliphatic rings. The van der Waals surface area contributed by atoms with Crippen LogP contribution in [0.5, 0.6) is 0 Å². The lowest BCUT2D eigenvalue weighted by Crippen LogP contribution is -2.34. The zero-order valence-corrected chi connectivity index (χ0v) is 11.3. The fourth-order valence-electron chi connectivity index (χ4n) is 2.64. The van der Waals surface area contributed by atoms with Gasteiger partial charge >= 0.3 is 6.03 Å². The molecule has 1 unspecified atom stereocenters. The maximum atomic E-state index is 12.0. The largest absolute Gasteiger partial charge is 0.360 e. The van der Waals surface area contributed by atoms with Crippen LogP contribution in [0.25, 0.3) is 0 Å². The SMILES string of the molecule is Cc1cc(NC(=O)NC2CCCc3ccccc32)no1. The standard InChI is InChI=1S/C15H17N3O2/c1-10-9-14(18-20-10)17-15(19)16-13-8-4-6-11-5-2-3-7-12(11)13/h2-3,5,7,9,13H,4,6,8H2,1H3,(H2,16,17,18,19). The average molecular weight is 271 g/mol. The highest BCUT2D eigenvalue weighted by molar-refractivity contribution is 5.88. The Balaban J connectivity index is 1.68. The summed E-state index contributed by atoms with van der Waals surface area (Å²) in [7, 11) is 0. The monoisotopic (exact) mass is 271 g/mol. The molecule has 0 spiro atoms. The maximum Gasteiger partial charge on any atom is 0.320 e. The summed E-state index contributed by atoms with van der Waals surface area (Å²) in [4.78, 5) is 12.0. The first-order valence-corrected chi connectivity index (χ1v) is 6.81. The smallest absolute Gasteiger partial charge is 0.320 e. The summed E-state index contributed by atoms with van der Waals surface area (Å²) in [6.45, 7) is 1.79. The van der Waals surface area contributed by atoms with Crippen LogP contribution in [0.1, 0.15) is 35.8 Å². The third-order valence-corrected chi connectivity index (χ3v) is 3.54. The Bertz CT molecular complexity index is 621. The van der Waals surface area contributed by atoms with E-state index in [2.05, 4.69) is 27.9 Å². The quantitative estimate of drug-likeness (QED) is 0.881. The lowest BCUT2D eigenvalue weighted by atomic mass is 9.88. The van der Waals surface area contributed by atoms with Gasteiger partial charge in [0, 0.05) is 6.07 Å². The van der Waals surface area contributed by atoms with E-state index in [1.807, 2.05) is 12.1 Å². The van der Waals surface area contributed by atoms with Crippen LogP contribution in [0.2, 0.25) is 0 Å². The number of rotatable bonds is 2. The summed E-state index contributed by atoms with van der Waals surface area (Å²) in [5.74, 6) is 1.10. The molecule has 3 rings (SSSR count). The number of nitrogens with zero attached hydrogens (tertiary/aromatic N) is 1. The number of hydrogen-bond donors (Lipinski definition) is 2. The molecule has 20 heavy (non-hydrogen) atoms. The van der Waals surface area contributed by atoms with E-state index >= 15 is 0 Å². The van der Waals surface area contributed by atoms with Gasteiger partial charge in [-0.2, -0.15) is 0 Å². The van der Waals surface area contributed by atoms with E-state index in [0.29, 0.717) is 11.6 Å². The Labute approximate surface area is 117 Å². The number of nitrogens with one attached hydrogen (secondary N) is 2. The number of anilines is 1. The van der Waals surface area contributed by atoms with E-state index in [1.54, 1.807) is 13.0 Å². The number of hydrogen-bond acceptors (Lipinski definition) is 3. The van der Waals surface area contributed by atoms with Crippen molar-refractivity contribution in [2.45, 2.75) is 32.2 Å². The fourth-order valence-corrected chi connectivity index (χ4v) is 2.64. The highest BCUT2D eigenvalue weighted by Crippen LogP contribution is 2.29. The minimum atomic E-state index is -0.250. The van der Waals surface area contributed by atoms with Crippen molar-refractivity contribution in [3.8, 4) is 0 Å². The summed E-state index contributed by atoms with van der Waals surface area (Å²) >= 11 is 0. The fraction of sp³-hybridized carbons (Fsp3) is 0.333. The predicted octanol–water partition coefficient (Wildman–Crippen LogP) is 3.18. The van der Waals surface area contributed by atoms with Crippen molar-refractivity contribution >= 4 is 11.8 Å². The van der Waals surface area contributed by atoms with E-state index in [4.69, 9.17) is 4.52 Å². The number of aryl methyl sites for hydroxylation is 2. The summed E-state index contributed by atoms with van der Waals surface area (Å²) < 4.78 is 4.92. The number of amides is 2. The van der Waals surface area contributed by atoms with E-state index in [-0.39, 0.29) is 12.1 Å². The molecule has 104 valence electrons. The summed E-state index contributed by atoms with van der Waals surface area (Å²) in [6, 6.07) is 9.76. The van der Waals surface area contributed by atoms with Gasteiger partial charge in [-0.1, -0.05) is 29.4 Å². The highest BCUT2D eigenvalue weighted by atomic mass is 16.5. The lowest BCUT2D eigenvalue weighted by Gasteiger charge is -2.26. The van der Waals surface area contributed by atoms with Gasteiger partial charge in [0.05, 0.1) is 6.04 Å². The first-order chi connectivity index (χ1) is 9.72. The Kier molecular flexibility index (Phi) is 3.41. The zero-order valence-electron chi connectivity index (χ0n) is 11.3. The minimum Gasteiger partial charge on any atom is -0.360 e. The van der Waals surface area contributed by atoms with Crippen LogP contribution in [0.15, 0.2) is 34.9 Å². The Hall–Kier alpha value is -2.30. The summed E-state index contributed by atoms with van der Waals surface area (Å²) in [5.41, 5.74) is 2.53. The molecular weight excluding hydrogens is 254 g/mol. The molecule has 0 aliphatic heterocycles. The van der Waals surface area contributed by atoms with E-state index in [0.717, 1.165) is 19.3 Å². The van der Waals surface area contributed by atoms with Crippen molar-refractivity contribution < 1.29 is 9.32 Å². The molecule has 2 amide bonds. The number of carbonyl (C=O) groups is 1. The topological polar surface area (TPSA) is 67.2 Å². The molecule has 5 heteroatoms. The number of fused-ring (bicyclic) bond motifs is 1.